The number of benzene rings is 1. The Labute approximate surface area is 164 Å². The normalized spacial score (nSPS) is 18.3. The van der Waals surface area contributed by atoms with Crippen molar-refractivity contribution in [2.45, 2.75) is 52.0 Å². The van der Waals surface area contributed by atoms with Gasteiger partial charge in [-0.3, -0.25) is 9.89 Å². The maximum atomic E-state index is 10.2. The molecule has 1 aliphatic rings. The Balaban J connectivity index is 1.83. The first-order chi connectivity index (χ1) is 13.2. The number of nitrogens with one attached hydrogen (secondary N) is 2. The van der Waals surface area contributed by atoms with Crippen molar-refractivity contribution >= 4 is 5.96 Å². The number of phenols is 1. The summed E-state index contributed by atoms with van der Waals surface area (Å²) in [6.07, 6.45) is 5.92. The molecule has 0 saturated carbocycles. The molecule has 2 rings (SSSR count). The van der Waals surface area contributed by atoms with Gasteiger partial charge in [-0.15, -0.1) is 0 Å². The van der Waals surface area contributed by atoms with Crippen LogP contribution in [0.5, 0.6) is 11.5 Å². The molecule has 0 spiro atoms. The molecule has 27 heavy (non-hydrogen) atoms. The van der Waals surface area contributed by atoms with Crippen LogP contribution in [0.15, 0.2) is 23.2 Å². The van der Waals surface area contributed by atoms with Gasteiger partial charge in [-0.2, -0.15) is 0 Å². The molecular weight excluding hydrogens is 340 g/mol. The van der Waals surface area contributed by atoms with Crippen LogP contribution in [0, 0.1) is 0 Å². The summed E-state index contributed by atoms with van der Waals surface area (Å²) in [7, 11) is 1.57. The molecule has 1 aromatic carbocycles. The number of likely N-dealkylation sites (tertiary alicyclic amines) is 1. The van der Waals surface area contributed by atoms with Gasteiger partial charge < -0.3 is 20.5 Å². The Morgan fingerprint density at radius 2 is 2.15 bits per heavy atom. The Morgan fingerprint density at radius 1 is 1.30 bits per heavy atom. The van der Waals surface area contributed by atoms with Gasteiger partial charge in [-0.25, -0.2) is 0 Å². The molecule has 1 fully saturated rings. The molecule has 3 N–H and O–H groups in total. The molecular formula is C21H36N4O2. The fraction of sp³-hybridized carbons (Fsp3) is 0.667. The van der Waals surface area contributed by atoms with Gasteiger partial charge in [0.25, 0.3) is 0 Å². The third-order valence-electron chi connectivity index (χ3n) is 5.21. The predicted octanol–water partition coefficient (Wildman–Crippen LogP) is 2.76. The summed E-state index contributed by atoms with van der Waals surface area (Å²) in [6.45, 7) is 8.91. The molecule has 1 aromatic rings. The van der Waals surface area contributed by atoms with E-state index in [1.807, 2.05) is 12.1 Å². The van der Waals surface area contributed by atoms with Gasteiger partial charge >= 0.3 is 0 Å². The Hall–Kier alpha value is -1.95. The van der Waals surface area contributed by atoms with Gasteiger partial charge in [-0.1, -0.05) is 25.5 Å². The number of hydrogen-bond acceptors (Lipinski definition) is 4. The van der Waals surface area contributed by atoms with E-state index in [9.17, 15) is 5.11 Å². The highest BCUT2D eigenvalue weighted by molar-refractivity contribution is 5.79. The minimum atomic E-state index is 0.222. The highest BCUT2D eigenvalue weighted by atomic mass is 16.5. The number of aliphatic imine (C=N–C) groups is 1. The molecule has 1 heterocycles. The second kappa shape index (κ2) is 11.7. The topological polar surface area (TPSA) is 69.1 Å². The zero-order valence-corrected chi connectivity index (χ0v) is 17.1. The zero-order valence-electron chi connectivity index (χ0n) is 17.1. The van der Waals surface area contributed by atoms with Crippen molar-refractivity contribution in [3.8, 4) is 11.5 Å². The monoisotopic (exact) mass is 376 g/mol. The van der Waals surface area contributed by atoms with Gasteiger partial charge in [-0.05, 0) is 50.8 Å². The summed E-state index contributed by atoms with van der Waals surface area (Å²) in [4.78, 5) is 7.32. The molecule has 1 aliphatic heterocycles. The summed E-state index contributed by atoms with van der Waals surface area (Å²) in [5.41, 5.74) is 0.872. The number of nitrogens with zero attached hydrogens (tertiary/aromatic N) is 2. The molecule has 1 atom stereocenters. The Bertz CT molecular complexity index is 592. The van der Waals surface area contributed by atoms with Crippen molar-refractivity contribution in [1.82, 2.24) is 15.5 Å². The first-order valence-corrected chi connectivity index (χ1v) is 10.3. The van der Waals surface area contributed by atoms with Crippen LogP contribution in [0.3, 0.4) is 0 Å². The van der Waals surface area contributed by atoms with Crippen LogP contribution in [0.2, 0.25) is 0 Å². The summed E-state index contributed by atoms with van der Waals surface area (Å²) < 4.78 is 5.17. The van der Waals surface area contributed by atoms with E-state index in [1.54, 1.807) is 13.2 Å². The number of rotatable bonds is 9. The second-order valence-electron chi connectivity index (χ2n) is 7.00. The van der Waals surface area contributed by atoms with Crippen molar-refractivity contribution < 1.29 is 9.84 Å². The van der Waals surface area contributed by atoms with Gasteiger partial charge in [0.05, 0.1) is 13.7 Å². The molecule has 152 valence electrons. The van der Waals surface area contributed by atoms with E-state index < -0.39 is 0 Å². The molecule has 6 heteroatoms. The lowest BCUT2D eigenvalue weighted by molar-refractivity contribution is 0.148. The molecule has 0 bridgehead atoms. The highest BCUT2D eigenvalue weighted by Gasteiger charge is 2.19. The van der Waals surface area contributed by atoms with E-state index in [2.05, 4.69) is 29.4 Å². The van der Waals surface area contributed by atoms with Crippen LogP contribution >= 0.6 is 0 Å². The van der Waals surface area contributed by atoms with E-state index in [4.69, 9.17) is 9.73 Å². The number of ether oxygens (including phenoxy) is 1. The SMILES string of the molecule is CCNC(=NCCN1CCCCC1CC)NCCc1cccc(OC)c1O. The lowest BCUT2D eigenvalue weighted by atomic mass is 10.0. The minimum absolute atomic E-state index is 0.222. The zero-order chi connectivity index (χ0) is 19.5. The number of phenolic OH excluding ortho intramolecular Hbond substituents is 1. The van der Waals surface area contributed by atoms with E-state index >= 15 is 0 Å². The maximum Gasteiger partial charge on any atom is 0.191 e. The molecule has 6 nitrogen and oxygen atoms in total. The van der Waals surface area contributed by atoms with Crippen molar-refractivity contribution in [2.75, 3.05) is 39.8 Å². The fourth-order valence-corrected chi connectivity index (χ4v) is 3.70. The Kier molecular flexibility index (Phi) is 9.25. The minimum Gasteiger partial charge on any atom is -0.504 e. The molecule has 0 radical (unpaired) electrons. The average molecular weight is 377 g/mol. The molecule has 1 unspecified atom stereocenters. The van der Waals surface area contributed by atoms with Crippen molar-refractivity contribution in [1.29, 1.82) is 0 Å². The smallest absolute Gasteiger partial charge is 0.191 e. The number of piperidine rings is 1. The first kappa shape index (κ1) is 21.4. The van der Waals surface area contributed by atoms with Crippen LogP contribution in [0.25, 0.3) is 0 Å². The largest absolute Gasteiger partial charge is 0.504 e. The van der Waals surface area contributed by atoms with Gasteiger partial charge in [0.2, 0.25) is 0 Å². The van der Waals surface area contributed by atoms with Gasteiger partial charge in [0.1, 0.15) is 0 Å². The Morgan fingerprint density at radius 3 is 2.89 bits per heavy atom. The van der Waals surface area contributed by atoms with Crippen LogP contribution in [0.4, 0.5) is 0 Å². The van der Waals surface area contributed by atoms with Crippen LogP contribution in [-0.4, -0.2) is 61.8 Å². The summed E-state index contributed by atoms with van der Waals surface area (Å²) in [5.74, 6) is 1.57. The van der Waals surface area contributed by atoms with E-state index in [-0.39, 0.29) is 5.75 Å². The fourth-order valence-electron chi connectivity index (χ4n) is 3.70. The molecule has 0 aromatic heterocycles. The quantitative estimate of drug-likeness (QED) is 0.457. The van der Waals surface area contributed by atoms with E-state index in [0.29, 0.717) is 18.7 Å². The van der Waals surface area contributed by atoms with Crippen molar-refractivity contribution in [3.63, 3.8) is 0 Å². The van der Waals surface area contributed by atoms with Crippen molar-refractivity contribution in [2.24, 2.45) is 4.99 Å². The summed E-state index contributed by atoms with van der Waals surface area (Å²) in [5, 5.41) is 16.9. The first-order valence-electron chi connectivity index (χ1n) is 10.3. The predicted molar refractivity (Wildman–Crippen MR) is 112 cm³/mol. The number of guanidine groups is 1. The van der Waals surface area contributed by atoms with E-state index in [1.165, 1.54) is 32.2 Å². The van der Waals surface area contributed by atoms with Crippen molar-refractivity contribution in [3.05, 3.63) is 23.8 Å². The third-order valence-corrected chi connectivity index (χ3v) is 5.21. The molecule has 0 amide bonds. The van der Waals surface area contributed by atoms with Crippen LogP contribution in [0.1, 0.15) is 45.1 Å². The second-order valence-corrected chi connectivity index (χ2v) is 7.00. The van der Waals surface area contributed by atoms with Gasteiger partial charge in [0, 0.05) is 25.7 Å². The lowest BCUT2D eigenvalue weighted by Gasteiger charge is -2.34. The van der Waals surface area contributed by atoms with Gasteiger partial charge in [0.15, 0.2) is 17.5 Å². The standard InChI is InChI=1S/C21H36N4O2/c1-4-18-10-6-7-15-25(18)16-14-24-21(22-5-2)23-13-12-17-9-8-11-19(27-3)20(17)26/h8-9,11,18,26H,4-7,10,12-16H2,1-3H3,(H2,22,23,24). The molecule has 0 aliphatic carbocycles. The van der Waals surface area contributed by atoms with Crippen LogP contribution in [-0.2, 0) is 6.42 Å². The number of methoxy groups -OCH3 is 1. The van der Waals surface area contributed by atoms with Crippen LogP contribution < -0.4 is 15.4 Å². The summed E-state index contributed by atoms with van der Waals surface area (Å²) in [6, 6.07) is 6.31. The third kappa shape index (κ3) is 6.61. The average Bonchev–Trinajstić information content (AvgIpc) is 2.69. The maximum absolute atomic E-state index is 10.2. The highest BCUT2D eigenvalue weighted by Crippen LogP contribution is 2.29. The van der Waals surface area contributed by atoms with E-state index in [0.717, 1.165) is 37.2 Å². The summed E-state index contributed by atoms with van der Waals surface area (Å²) >= 11 is 0. The number of para-hydroxylation sites is 1. The number of aromatic hydroxyl groups is 1. The molecule has 1 saturated heterocycles. The number of hydrogen-bond donors (Lipinski definition) is 3. The lowest BCUT2D eigenvalue weighted by Crippen LogP contribution is -2.42.